The summed E-state index contributed by atoms with van der Waals surface area (Å²) in [4.78, 5) is 27.3. The predicted molar refractivity (Wildman–Crippen MR) is 143 cm³/mol. The molecule has 0 aliphatic heterocycles. The number of fused-ring (bicyclic) bond motifs is 2. The zero-order valence-electron chi connectivity index (χ0n) is 21.0. The van der Waals surface area contributed by atoms with E-state index < -0.39 is 11.8 Å². The first kappa shape index (κ1) is 24.1. The Bertz CT molecular complexity index is 1870. The summed E-state index contributed by atoms with van der Waals surface area (Å²) >= 11 is 2.49. The van der Waals surface area contributed by atoms with Gasteiger partial charge in [-0.3, -0.25) is 0 Å². The van der Waals surface area contributed by atoms with E-state index in [4.69, 9.17) is 0 Å². The number of thiazole rings is 2. The van der Waals surface area contributed by atoms with Crippen LogP contribution in [0.15, 0.2) is 68.9 Å². The van der Waals surface area contributed by atoms with Crippen LogP contribution >= 0.6 is 22.7 Å². The lowest BCUT2D eigenvalue weighted by molar-refractivity contribution is -0.601. The molecule has 190 valence electrons. The van der Waals surface area contributed by atoms with E-state index in [-0.39, 0.29) is 22.2 Å². The maximum absolute atomic E-state index is 13.4. The average Bonchev–Trinajstić information content (AvgIpc) is 3.53. The maximum atomic E-state index is 13.4. The molecule has 8 nitrogen and oxygen atoms in total. The molecule has 0 aliphatic rings. The van der Waals surface area contributed by atoms with E-state index in [1.807, 2.05) is 62.4 Å². The van der Waals surface area contributed by atoms with Crippen molar-refractivity contribution in [3.05, 3.63) is 102 Å². The Balaban J connectivity index is 1.69. The Morgan fingerprint density at radius 1 is 0.605 bits per heavy atom. The summed E-state index contributed by atoms with van der Waals surface area (Å²) in [5, 5.41) is 30.4. The molecule has 0 unspecified atom stereocenters. The topological polar surface area (TPSA) is 98.3 Å². The highest BCUT2D eigenvalue weighted by Crippen LogP contribution is 2.27. The third kappa shape index (κ3) is 3.41. The van der Waals surface area contributed by atoms with Gasteiger partial charge in [-0.05, 0) is 52.0 Å². The Hall–Kier alpha value is -4.28. The van der Waals surface area contributed by atoms with Crippen molar-refractivity contribution >= 4 is 32.6 Å². The molecule has 0 fully saturated rings. The van der Waals surface area contributed by atoms with Crippen molar-refractivity contribution in [2.24, 2.45) is 0 Å². The second-order valence-corrected chi connectivity index (χ2v) is 11.0. The molecule has 4 aromatic heterocycles. The average molecular weight is 543 g/mol. The molecule has 6 aromatic rings. The summed E-state index contributed by atoms with van der Waals surface area (Å²) in [7, 11) is 0. The molecule has 38 heavy (non-hydrogen) atoms. The molecule has 0 amide bonds. The Morgan fingerprint density at radius 2 is 0.947 bits per heavy atom. The molecule has 0 aliphatic carbocycles. The summed E-state index contributed by atoms with van der Waals surface area (Å²) in [6, 6.07) is 15.0. The minimum absolute atomic E-state index is 0.0716. The van der Waals surface area contributed by atoms with Gasteiger partial charge in [-0.15, -0.1) is 9.13 Å². The normalized spacial score (nSPS) is 11.6. The third-order valence-electron chi connectivity index (χ3n) is 6.74. The fourth-order valence-electron chi connectivity index (χ4n) is 4.55. The van der Waals surface area contributed by atoms with E-state index in [2.05, 4.69) is 0 Å². The van der Waals surface area contributed by atoms with Crippen LogP contribution in [0.1, 0.15) is 22.3 Å². The van der Waals surface area contributed by atoms with Crippen LogP contribution in [-0.4, -0.2) is 9.13 Å². The molecule has 0 saturated carbocycles. The monoisotopic (exact) mass is 542 g/mol. The fourth-order valence-corrected chi connectivity index (χ4v) is 6.60. The molecular weight excluding hydrogens is 520 g/mol. The third-order valence-corrected chi connectivity index (χ3v) is 8.58. The molecule has 0 bridgehead atoms. The lowest BCUT2D eigenvalue weighted by Crippen LogP contribution is -2.41. The molecule has 0 saturated heterocycles. The zero-order valence-corrected chi connectivity index (χ0v) is 22.6. The van der Waals surface area contributed by atoms with Crippen molar-refractivity contribution < 1.29 is 19.0 Å². The molecule has 10 heteroatoms. The molecule has 0 atom stereocenters. The molecule has 2 aromatic carbocycles. The summed E-state index contributed by atoms with van der Waals surface area (Å²) in [5.74, 6) is -0.888. The van der Waals surface area contributed by atoms with E-state index in [9.17, 15) is 19.8 Å². The summed E-state index contributed by atoms with van der Waals surface area (Å²) < 4.78 is 6.00. The first-order chi connectivity index (χ1) is 18.2. The smallest absolute Gasteiger partial charge is 0.353 e. The predicted octanol–water partition coefficient (Wildman–Crippen LogP) is 2.64. The van der Waals surface area contributed by atoms with Crippen LogP contribution in [0, 0.1) is 27.7 Å². The fraction of sp³-hybridized carbons (Fsp3) is 0.143. The van der Waals surface area contributed by atoms with Gasteiger partial charge >= 0.3 is 21.0 Å². The van der Waals surface area contributed by atoms with Crippen molar-refractivity contribution in [2.75, 3.05) is 0 Å². The minimum atomic E-state index is -0.444. The van der Waals surface area contributed by atoms with Gasteiger partial charge in [0.1, 0.15) is 11.4 Å². The van der Waals surface area contributed by atoms with Crippen molar-refractivity contribution in [1.29, 1.82) is 0 Å². The van der Waals surface area contributed by atoms with Gasteiger partial charge < -0.3 is 10.2 Å². The Kier molecular flexibility index (Phi) is 5.48. The first-order valence-electron chi connectivity index (χ1n) is 11.8. The van der Waals surface area contributed by atoms with Crippen molar-refractivity contribution in [3.63, 3.8) is 0 Å². The second-order valence-electron chi connectivity index (χ2n) is 9.29. The van der Waals surface area contributed by atoms with Crippen LogP contribution in [0.2, 0.25) is 0 Å². The van der Waals surface area contributed by atoms with Crippen LogP contribution in [0.25, 0.3) is 32.7 Å². The van der Waals surface area contributed by atoms with E-state index in [1.54, 1.807) is 10.8 Å². The molecule has 0 N–H and O–H groups in total. The lowest BCUT2D eigenvalue weighted by atomic mass is 10.2. The van der Waals surface area contributed by atoms with E-state index >= 15 is 0 Å². The minimum Gasteiger partial charge on any atom is -0.842 e. The summed E-state index contributed by atoms with van der Waals surface area (Å²) in [6.07, 6.45) is 0. The lowest BCUT2D eigenvalue weighted by Gasteiger charge is -2.13. The Morgan fingerprint density at radius 3 is 1.29 bits per heavy atom. The number of nitrogens with zero attached hydrogens (tertiary/aromatic N) is 4. The summed E-state index contributed by atoms with van der Waals surface area (Å²) in [5.41, 5.74) is 3.71. The van der Waals surface area contributed by atoms with Crippen LogP contribution in [0.5, 0.6) is 11.8 Å². The van der Waals surface area contributed by atoms with Gasteiger partial charge in [0.05, 0.1) is 33.6 Å². The van der Waals surface area contributed by atoms with Crippen LogP contribution in [-0.2, 0) is 0 Å². The van der Waals surface area contributed by atoms with Crippen LogP contribution in [0.3, 0.4) is 0 Å². The quantitative estimate of drug-likeness (QED) is 0.321. The largest absolute Gasteiger partial charge is 0.842 e. The number of aromatic nitrogens is 4. The van der Waals surface area contributed by atoms with Crippen molar-refractivity contribution in [3.8, 4) is 34.5 Å². The first-order valence-corrected chi connectivity index (χ1v) is 13.6. The van der Waals surface area contributed by atoms with Crippen molar-refractivity contribution in [1.82, 2.24) is 9.13 Å². The number of rotatable bonds is 3. The summed E-state index contributed by atoms with van der Waals surface area (Å²) in [6.45, 7) is 6.95. The number of aryl methyl sites for hydroxylation is 2. The maximum Gasteiger partial charge on any atom is 0.353 e. The van der Waals surface area contributed by atoms with E-state index in [0.29, 0.717) is 32.7 Å². The van der Waals surface area contributed by atoms with Crippen LogP contribution < -0.4 is 30.1 Å². The van der Waals surface area contributed by atoms with Crippen molar-refractivity contribution in [2.45, 2.75) is 27.7 Å². The van der Waals surface area contributed by atoms with Crippen LogP contribution in [0.4, 0.5) is 0 Å². The zero-order chi connectivity index (χ0) is 26.9. The SMILES string of the molecule is Cc1ccc(-n2c(=O)c(C)c([O-])[n+]3c(-c4csc5n(-c6ccc(C)cc6)c(=O)c(C)c([O-])[n+]45)csc23)cc1. The Labute approximate surface area is 224 Å². The molecule has 0 spiro atoms. The van der Waals surface area contributed by atoms with Gasteiger partial charge in [-0.1, -0.05) is 58.1 Å². The number of hydrogen-bond donors (Lipinski definition) is 0. The van der Waals surface area contributed by atoms with Gasteiger partial charge in [0.25, 0.3) is 0 Å². The standard InChI is InChI=1S/C28H22N4O4S2/c1-15-5-9-19(10-6-15)29-23(33)17(3)25(35)31-21(13-37-27(29)31)22-14-38-28-30(20-11-7-16(2)8-12-20)24(34)18(4)26(36)32(22)28/h5-14H,1-4H3. The highest BCUT2D eigenvalue weighted by atomic mass is 32.1. The van der Waals surface area contributed by atoms with Gasteiger partial charge in [0.15, 0.2) is 11.4 Å². The van der Waals surface area contributed by atoms with Gasteiger partial charge in [0, 0.05) is 0 Å². The number of benzene rings is 2. The van der Waals surface area contributed by atoms with Gasteiger partial charge in [-0.2, -0.15) is 8.80 Å². The molecule has 0 radical (unpaired) electrons. The highest BCUT2D eigenvalue weighted by molar-refractivity contribution is 7.15. The molecule has 4 heterocycles. The van der Waals surface area contributed by atoms with Gasteiger partial charge in [-0.25, -0.2) is 9.59 Å². The van der Waals surface area contributed by atoms with Gasteiger partial charge in [0.2, 0.25) is 0 Å². The molecule has 6 rings (SSSR count). The highest BCUT2D eigenvalue weighted by Gasteiger charge is 2.30. The van der Waals surface area contributed by atoms with E-state index in [0.717, 1.165) is 11.1 Å². The number of hydrogen-bond acceptors (Lipinski definition) is 6. The molecular formula is C28H22N4O4S2. The second kappa shape index (κ2) is 8.64. The van der Waals surface area contributed by atoms with E-state index in [1.165, 1.54) is 54.5 Å².